The summed E-state index contributed by atoms with van der Waals surface area (Å²) in [5, 5.41) is 0.438. The van der Waals surface area contributed by atoms with Crippen LogP contribution in [0.3, 0.4) is 0 Å². The maximum absolute atomic E-state index is 12.9. The molecule has 1 aromatic rings. The number of rotatable bonds is 2. The zero-order valence-corrected chi connectivity index (χ0v) is 8.69. The van der Waals surface area contributed by atoms with E-state index in [-0.39, 0.29) is 12.4 Å². The van der Waals surface area contributed by atoms with Crippen molar-refractivity contribution in [2.75, 3.05) is 0 Å². The third-order valence-corrected chi connectivity index (χ3v) is 2.27. The van der Waals surface area contributed by atoms with Crippen LogP contribution in [-0.2, 0) is 16.1 Å². The molecule has 0 atom stereocenters. The minimum absolute atomic E-state index is 0.00671. The van der Waals surface area contributed by atoms with Gasteiger partial charge in [-0.15, -0.1) is 0 Å². The number of halogens is 2. The second-order valence-corrected chi connectivity index (χ2v) is 3.35. The van der Waals surface area contributed by atoms with Crippen molar-refractivity contribution >= 4 is 17.6 Å². The van der Waals surface area contributed by atoms with Crippen molar-refractivity contribution in [2.24, 2.45) is 0 Å². The van der Waals surface area contributed by atoms with Crippen LogP contribution in [0.25, 0.3) is 0 Å². The minimum Gasteiger partial charge on any atom is -0.461 e. The van der Waals surface area contributed by atoms with Crippen LogP contribution in [-0.4, -0.2) is 5.97 Å². The number of benzene rings is 1. The lowest BCUT2D eigenvalue weighted by Gasteiger charge is -2.07. The van der Waals surface area contributed by atoms with Crippen molar-refractivity contribution in [3.8, 4) is 0 Å². The number of aryl methyl sites for hydroxylation is 1. The molecule has 1 aromatic carbocycles. The first kappa shape index (κ1) is 11.0. The Hall–Kier alpha value is -1.09. The average Bonchev–Trinajstić information content (AvgIpc) is 2.08. The first-order valence-electron chi connectivity index (χ1n) is 4.08. The Morgan fingerprint density at radius 3 is 2.79 bits per heavy atom. The molecule has 76 valence electrons. The van der Waals surface area contributed by atoms with E-state index in [1.807, 2.05) is 0 Å². The van der Waals surface area contributed by atoms with E-state index in [9.17, 15) is 9.18 Å². The largest absolute Gasteiger partial charge is 0.461 e. The highest BCUT2D eigenvalue weighted by atomic mass is 35.5. The van der Waals surface area contributed by atoms with E-state index in [0.29, 0.717) is 16.1 Å². The maximum atomic E-state index is 12.9. The molecule has 14 heavy (non-hydrogen) atoms. The lowest BCUT2D eigenvalue weighted by Crippen LogP contribution is -2.00. The van der Waals surface area contributed by atoms with Gasteiger partial charge in [0.25, 0.3) is 0 Å². The van der Waals surface area contributed by atoms with Crippen LogP contribution in [0.1, 0.15) is 18.1 Å². The highest BCUT2D eigenvalue weighted by Gasteiger charge is 2.07. The fourth-order valence-electron chi connectivity index (χ4n) is 1.08. The molecule has 0 amide bonds. The van der Waals surface area contributed by atoms with Crippen LogP contribution < -0.4 is 0 Å². The topological polar surface area (TPSA) is 26.3 Å². The van der Waals surface area contributed by atoms with Crippen molar-refractivity contribution in [2.45, 2.75) is 20.5 Å². The molecule has 0 radical (unpaired) electrons. The summed E-state index contributed by atoms with van der Waals surface area (Å²) in [4.78, 5) is 10.5. The molecule has 0 unspecified atom stereocenters. The molecule has 0 saturated carbocycles. The van der Waals surface area contributed by atoms with Gasteiger partial charge in [-0.05, 0) is 24.6 Å². The van der Waals surface area contributed by atoms with Gasteiger partial charge in [0.15, 0.2) is 0 Å². The number of carbonyl (C=O) groups is 1. The van der Waals surface area contributed by atoms with Gasteiger partial charge in [-0.3, -0.25) is 4.79 Å². The highest BCUT2D eigenvalue weighted by molar-refractivity contribution is 6.32. The van der Waals surface area contributed by atoms with E-state index >= 15 is 0 Å². The fourth-order valence-corrected chi connectivity index (χ4v) is 1.24. The average molecular weight is 217 g/mol. The van der Waals surface area contributed by atoms with E-state index in [1.54, 1.807) is 6.92 Å². The Kier molecular flexibility index (Phi) is 3.47. The van der Waals surface area contributed by atoms with Gasteiger partial charge in [-0.1, -0.05) is 11.6 Å². The second kappa shape index (κ2) is 4.42. The van der Waals surface area contributed by atoms with Gasteiger partial charge >= 0.3 is 5.97 Å². The SMILES string of the molecule is CC(=O)OCc1cc(F)cc(C)c1Cl. The number of hydrogen-bond donors (Lipinski definition) is 0. The summed E-state index contributed by atoms with van der Waals surface area (Å²) < 4.78 is 17.7. The molecule has 1 rings (SSSR count). The van der Waals surface area contributed by atoms with Gasteiger partial charge in [0.1, 0.15) is 12.4 Å². The molecule has 0 aliphatic rings. The number of esters is 1. The lowest BCUT2D eigenvalue weighted by molar-refractivity contribution is -0.142. The molecule has 4 heteroatoms. The van der Waals surface area contributed by atoms with Gasteiger partial charge in [0.05, 0.1) is 5.02 Å². The van der Waals surface area contributed by atoms with Gasteiger partial charge < -0.3 is 4.74 Å². The first-order chi connectivity index (χ1) is 6.50. The standard InChI is InChI=1S/C10H10ClFO2/c1-6-3-9(12)4-8(10(6)11)5-14-7(2)13/h3-4H,5H2,1-2H3. The molecule has 0 fully saturated rings. The number of carbonyl (C=O) groups excluding carboxylic acids is 1. The van der Waals surface area contributed by atoms with Crippen LogP contribution >= 0.6 is 11.6 Å². The Morgan fingerprint density at radius 1 is 1.57 bits per heavy atom. The molecule has 0 aromatic heterocycles. The summed E-state index contributed by atoms with van der Waals surface area (Å²) in [6.45, 7) is 3.00. The smallest absolute Gasteiger partial charge is 0.302 e. The molecular formula is C10H10ClFO2. The molecule has 0 aliphatic heterocycles. The molecular weight excluding hydrogens is 207 g/mol. The molecule has 0 saturated heterocycles. The molecule has 2 nitrogen and oxygen atoms in total. The van der Waals surface area contributed by atoms with Gasteiger partial charge in [-0.2, -0.15) is 0 Å². The van der Waals surface area contributed by atoms with Crippen LogP contribution in [0, 0.1) is 12.7 Å². The first-order valence-corrected chi connectivity index (χ1v) is 4.46. The fraction of sp³-hybridized carbons (Fsp3) is 0.300. The van der Waals surface area contributed by atoms with Gasteiger partial charge in [0, 0.05) is 12.5 Å². The van der Waals surface area contributed by atoms with Gasteiger partial charge in [-0.25, -0.2) is 4.39 Å². The number of ether oxygens (including phenoxy) is 1. The molecule has 0 N–H and O–H groups in total. The molecule has 0 bridgehead atoms. The lowest BCUT2D eigenvalue weighted by atomic mass is 10.1. The maximum Gasteiger partial charge on any atom is 0.302 e. The zero-order chi connectivity index (χ0) is 10.7. The number of hydrogen-bond acceptors (Lipinski definition) is 2. The summed E-state index contributed by atoms with van der Waals surface area (Å²) in [7, 11) is 0. The normalized spacial score (nSPS) is 10.0. The van der Waals surface area contributed by atoms with Crippen LogP contribution in [0.4, 0.5) is 4.39 Å². The van der Waals surface area contributed by atoms with Gasteiger partial charge in [0.2, 0.25) is 0 Å². The molecule has 0 aliphatic carbocycles. The van der Waals surface area contributed by atoms with Crippen molar-refractivity contribution in [3.63, 3.8) is 0 Å². The van der Waals surface area contributed by atoms with Crippen LogP contribution in [0.15, 0.2) is 12.1 Å². The van der Waals surface area contributed by atoms with E-state index in [0.717, 1.165) is 0 Å². The Morgan fingerprint density at radius 2 is 2.21 bits per heavy atom. The quantitative estimate of drug-likeness (QED) is 0.711. The zero-order valence-electron chi connectivity index (χ0n) is 7.93. The minimum atomic E-state index is -0.414. The summed E-state index contributed by atoms with van der Waals surface area (Å²) in [5.41, 5.74) is 1.12. The Labute approximate surface area is 86.6 Å². The predicted octanol–water partition coefficient (Wildman–Crippen LogP) is 2.85. The van der Waals surface area contributed by atoms with Crippen molar-refractivity contribution < 1.29 is 13.9 Å². The summed E-state index contributed by atoms with van der Waals surface area (Å²) >= 11 is 5.89. The van der Waals surface area contributed by atoms with E-state index in [1.165, 1.54) is 19.1 Å². The molecule has 0 spiro atoms. The second-order valence-electron chi connectivity index (χ2n) is 2.98. The third kappa shape index (κ3) is 2.70. The van der Waals surface area contributed by atoms with Crippen molar-refractivity contribution in [1.29, 1.82) is 0 Å². The summed E-state index contributed by atoms with van der Waals surface area (Å²) in [5.74, 6) is -0.794. The van der Waals surface area contributed by atoms with E-state index in [2.05, 4.69) is 0 Å². The van der Waals surface area contributed by atoms with E-state index in [4.69, 9.17) is 16.3 Å². The predicted molar refractivity (Wildman–Crippen MR) is 51.6 cm³/mol. The summed E-state index contributed by atoms with van der Waals surface area (Å²) in [6.07, 6.45) is 0. The molecule has 0 heterocycles. The van der Waals surface area contributed by atoms with E-state index < -0.39 is 5.97 Å². The monoisotopic (exact) mass is 216 g/mol. The Balaban J connectivity index is 2.90. The highest BCUT2D eigenvalue weighted by Crippen LogP contribution is 2.22. The van der Waals surface area contributed by atoms with Crippen molar-refractivity contribution in [3.05, 3.63) is 34.1 Å². The van der Waals surface area contributed by atoms with Crippen molar-refractivity contribution in [1.82, 2.24) is 0 Å². The Bertz CT molecular complexity index is 363. The summed E-state index contributed by atoms with van der Waals surface area (Å²) in [6, 6.07) is 2.60. The van der Waals surface area contributed by atoms with Crippen LogP contribution in [0.5, 0.6) is 0 Å². The third-order valence-electron chi connectivity index (χ3n) is 1.73. The van der Waals surface area contributed by atoms with Crippen LogP contribution in [0.2, 0.25) is 5.02 Å².